The van der Waals surface area contributed by atoms with Gasteiger partial charge in [0.15, 0.2) is 0 Å². The lowest BCUT2D eigenvalue weighted by atomic mass is 9.98. The van der Waals surface area contributed by atoms with Gasteiger partial charge in [0.05, 0.1) is 7.11 Å². The molecule has 0 atom stereocenters. The zero-order valence-corrected chi connectivity index (χ0v) is 12.1. The molecule has 102 valence electrons. The summed E-state index contributed by atoms with van der Waals surface area (Å²) in [6.45, 7) is 6.24. The number of aryl methyl sites for hydroxylation is 1. The molecule has 2 aromatic rings. The SMILES string of the molecule is CNc1nc(-c2cc(C(C)C)ccc2OC)c(C)o1. The Hall–Kier alpha value is -1.97. The third kappa shape index (κ3) is 2.57. The molecule has 2 rings (SSSR count). The topological polar surface area (TPSA) is 47.3 Å². The molecule has 0 aliphatic rings. The number of hydrogen-bond donors (Lipinski definition) is 1. The average molecular weight is 260 g/mol. The predicted octanol–water partition coefficient (Wildman–Crippen LogP) is 3.82. The third-order valence-corrected chi connectivity index (χ3v) is 3.16. The van der Waals surface area contributed by atoms with E-state index in [0.717, 1.165) is 22.8 Å². The molecular weight excluding hydrogens is 240 g/mol. The number of oxazole rings is 1. The highest BCUT2D eigenvalue weighted by Crippen LogP contribution is 2.35. The summed E-state index contributed by atoms with van der Waals surface area (Å²) < 4.78 is 11.0. The number of nitrogens with one attached hydrogen (secondary N) is 1. The molecule has 1 heterocycles. The van der Waals surface area contributed by atoms with E-state index < -0.39 is 0 Å². The average Bonchev–Trinajstić information content (AvgIpc) is 2.79. The lowest BCUT2D eigenvalue weighted by Gasteiger charge is -2.11. The predicted molar refractivity (Wildman–Crippen MR) is 76.9 cm³/mol. The van der Waals surface area contributed by atoms with Crippen LogP contribution in [-0.2, 0) is 0 Å². The summed E-state index contributed by atoms with van der Waals surface area (Å²) in [6, 6.07) is 6.71. The summed E-state index contributed by atoms with van der Waals surface area (Å²) in [4.78, 5) is 4.45. The van der Waals surface area contributed by atoms with Crippen molar-refractivity contribution in [3.8, 4) is 17.0 Å². The molecule has 1 aromatic carbocycles. The highest BCUT2D eigenvalue weighted by atomic mass is 16.5. The maximum absolute atomic E-state index is 5.54. The summed E-state index contributed by atoms with van der Waals surface area (Å²) in [5, 5.41) is 2.91. The molecule has 0 saturated carbocycles. The molecule has 19 heavy (non-hydrogen) atoms. The number of rotatable bonds is 4. The Kier molecular flexibility index (Phi) is 3.79. The van der Waals surface area contributed by atoms with Crippen molar-refractivity contribution >= 4 is 6.01 Å². The Morgan fingerprint density at radius 3 is 2.58 bits per heavy atom. The van der Waals surface area contributed by atoms with Gasteiger partial charge in [0, 0.05) is 12.6 Å². The maximum Gasteiger partial charge on any atom is 0.295 e. The smallest absolute Gasteiger partial charge is 0.295 e. The molecule has 0 fully saturated rings. The quantitative estimate of drug-likeness (QED) is 0.907. The first-order valence-electron chi connectivity index (χ1n) is 6.40. The van der Waals surface area contributed by atoms with Crippen molar-refractivity contribution in [3.05, 3.63) is 29.5 Å². The summed E-state index contributed by atoms with van der Waals surface area (Å²) >= 11 is 0. The summed E-state index contributed by atoms with van der Waals surface area (Å²) in [5.41, 5.74) is 3.05. The van der Waals surface area contributed by atoms with E-state index in [1.807, 2.05) is 13.0 Å². The largest absolute Gasteiger partial charge is 0.496 e. The zero-order valence-electron chi connectivity index (χ0n) is 12.1. The molecular formula is C15H20N2O2. The van der Waals surface area contributed by atoms with Gasteiger partial charge in [-0.15, -0.1) is 0 Å². The molecule has 0 saturated heterocycles. The lowest BCUT2D eigenvalue weighted by Crippen LogP contribution is -1.94. The van der Waals surface area contributed by atoms with Crippen molar-refractivity contribution < 1.29 is 9.15 Å². The van der Waals surface area contributed by atoms with Gasteiger partial charge in [-0.3, -0.25) is 0 Å². The van der Waals surface area contributed by atoms with E-state index in [1.165, 1.54) is 5.56 Å². The zero-order chi connectivity index (χ0) is 14.0. The lowest BCUT2D eigenvalue weighted by molar-refractivity contribution is 0.416. The van der Waals surface area contributed by atoms with Crippen LogP contribution in [0.1, 0.15) is 31.1 Å². The Balaban J connectivity index is 2.57. The van der Waals surface area contributed by atoms with Gasteiger partial charge in [-0.1, -0.05) is 19.9 Å². The van der Waals surface area contributed by atoms with Gasteiger partial charge in [-0.05, 0) is 30.5 Å². The molecule has 0 radical (unpaired) electrons. The number of hydrogen-bond acceptors (Lipinski definition) is 4. The number of methoxy groups -OCH3 is 1. The molecule has 0 spiro atoms. The monoisotopic (exact) mass is 260 g/mol. The number of aromatic nitrogens is 1. The van der Waals surface area contributed by atoms with E-state index in [9.17, 15) is 0 Å². The first-order chi connectivity index (χ1) is 9.06. The fourth-order valence-corrected chi connectivity index (χ4v) is 2.02. The number of nitrogens with zero attached hydrogens (tertiary/aromatic N) is 1. The van der Waals surface area contributed by atoms with Crippen LogP contribution < -0.4 is 10.1 Å². The van der Waals surface area contributed by atoms with Crippen LogP contribution in [0.2, 0.25) is 0 Å². The van der Waals surface area contributed by atoms with Crippen LogP contribution in [0, 0.1) is 6.92 Å². The van der Waals surface area contributed by atoms with Gasteiger partial charge in [-0.2, -0.15) is 4.98 Å². The van der Waals surface area contributed by atoms with Crippen LogP contribution >= 0.6 is 0 Å². The Morgan fingerprint density at radius 2 is 2.05 bits per heavy atom. The van der Waals surface area contributed by atoms with E-state index in [4.69, 9.17) is 9.15 Å². The normalized spacial score (nSPS) is 10.8. The van der Waals surface area contributed by atoms with Gasteiger partial charge >= 0.3 is 0 Å². The molecule has 0 amide bonds. The highest BCUT2D eigenvalue weighted by Gasteiger charge is 2.16. The Bertz CT molecular complexity index is 574. The van der Waals surface area contributed by atoms with Crippen molar-refractivity contribution in [2.45, 2.75) is 26.7 Å². The fourth-order valence-electron chi connectivity index (χ4n) is 2.02. The molecule has 0 aliphatic carbocycles. The Labute approximate surface area is 113 Å². The number of benzene rings is 1. The van der Waals surface area contributed by atoms with Crippen molar-refractivity contribution in [3.63, 3.8) is 0 Å². The molecule has 1 N–H and O–H groups in total. The van der Waals surface area contributed by atoms with Crippen LogP contribution in [0.25, 0.3) is 11.3 Å². The molecule has 0 unspecified atom stereocenters. The van der Waals surface area contributed by atoms with E-state index in [0.29, 0.717) is 11.9 Å². The highest BCUT2D eigenvalue weighted by molar-refractivity contribution is 5.70. The van der Waals surface area contributed by atoms with Crippen molar-refractivity contribution in [2.24, 2.45) is 0 Å². The van der Waals surface area contributed by atoms with Gasteiger partial charge < -0.3 is 14.5 Å². The second-order valence-electron chi connectivity index (χ2n) is 4.79. The first-order valence-corrected chi connectivity index (χ1v) is 6.40. The van der Waals surface area contributed by atoms with Crippen molar-refractivity contribution in [2.75, 3.05) is 19.5 Å². The summed E-state index contributed by atoms with van der Waals surface area (Å²) in [5.74, 6) is 2.05. The molecule has 0 bridgehead atoms. The van der Waals surface area contributed by atoms with E-state index in [2.05, 4.69) is 36.3 Å². The van der Waals surface area contributed by atoms with Crippen LogP contribution in [0.15, 0.2) is 22.6 Å². The fraction of sp³-hybridized carbons (Fsp3) is 0.400. The minimum atomic E-state index is 0.459. The standard InChI is InChI=1S/C15H20N2O2/c1-9(2)11-6-7-13(18-5)12(8-11)14-10(3)19-15(16-4)17-14/h6-9H,1-5H3,(H,16,17). The molecule has 1 aromatic heterocycles. The first kappa shape index (κ1) is 13.5. The van der Waals surface area contributed by atoms with Crippen LogP contribution in [0.3, 0.4) is 0 Å². The van der Waals surface area contributed by atoms with E-state index in [1.54, 1.807) is 14.2 Å². The van der Waals surface area contributed by atoms with E-state index >= 15 is 0 Å². The van der Waals surface area contributed by atoms with Crippen molar-refractivity contribution in [1.82, 2.24) is 4.98 Å². The number of ether oxygens (including phenoxy) is 1. The van der Waals surface area contributed by atoms with Crippen LogP contribution in [0.5, 0.6) is 5.75 Å². The second-order valence-corrected chi connectivity index (χ2v) is 4.79. The van der Waals surface area contributed by atoms with Crippen LogP contribution in [0.4, 0.5) is 6.01 Å². The van der Waals surface area contributed by atoms with Gasteiger partial charge in [-0.25, -0.2) is 0 Å². The number of anilines is 1. The molecule has 4 nitrogen and oxygen atoms in total. The van der Waals surface area contributed by atoms with E-state index in [-0.39, 0.29) is 0 Å². The molecule has 0 aliphatic heterocycles. The minimum Gasteiger partial charge on any atom is -0.496 e. The van der Waals surface area contributed by atoms with Gasteiger partial charge in [0.2, 0.25) is 0 Å². The third-order valence-electron chi connectivity index (χ3n) is 3.16. The van der Waals surface area contributed by atoms with Crippen molar-refractivity contribution in [1.29, 1.82) is 0 Å². The van der Waals surface area contributed by atoms with Gasteiger partial charge in [0.25, 0.3) is 6.01 Å². The summed E-state index contributed by atoms with van der Waals surface area (Å²) in [7, 11) is 3.46. The Morgan fingerprint density at radius 1 is 1.32 bits per heavy atom. The maximum atomic E-state index is 5.54. The summed E-state index contributed by atoms with van der Waals surface area (Å²) in [6.07, 6.45) is 0. The molecule has 4 heteroatoms. The van der Waals surface area contributed by atoms with Crippen LogP contribution in [-0.4, -0.2) is 19.1 Å². The second kappa shape index (κ2) is 5.34. The van der Waals surface area contributed by atoms with Gasteiger partial charge in [0.1, 0.15) is 17.2 Å². The minimum absolute atomic E-state index is 0.459.